The van der Waals surface area contributed by atoms with Crippen LogP contribution in [-0.4, -0.2) is 17.6 Å². The van der Waals surface area contributed by atoms with Crippen LogP contribution in [0, 0.1) is 0 Å². The Bertz CT molecular complexity index is 223. The van der Waals surface area contributed by atoms with E-state index in [4.69, 9.17) is 5.73 Å². The highest BCUT2D eigenvalue weighted by molar-refractivity contribution is 5.41. The van der Waals surface area contributed by atoms with E-state index in [0.29, 0.717) is 6.04 Å². The van der Waals surface area contributed by atoms with Gasteiger partial charge in [0.05, 0.1) is 0 Å². The Balaban J connectivity index is 2.46. The summed E-state index contributed by atoms with van der Waals surface area (Å²) in [5.74, 6) is 0. The summed E-state index contributed by atoms with van der Waals surface area (Å²) in [7, 11) is 0. The summed E-state index contributed by atoms with van der Waals surface area (Å²) in [6.07, 6.45) is 5.69. The molecule has 0 aromatic carbocycles. The summed E-state index contributed by atoms with van der Waals surface area (Å²) in [4.78, 5) is 3.96. The Morgan fingerprint density at radius 2 is 2.15 bits per heavy atom. The molecule has 1 heterocycles. The van der Waals surface area contributed by atoms with Gasteiger partial charge in [-0.15, -0.1) is 0 Å². The lowest BCUT2D eigenvalue weighted by Crippen LogP contribution is -2.22. The predicted molar refractivity (Wildman–Crippen MR) is 55.6 cm³/mol. The fraction of sp³-hybridized carbons (Fsp3) is 0.500. The number of nitrogens with zero attached hydrogens (tertiary/aromatic N) is 1. The van der Waals surface area contributed by atoms with Crippen LogP contribution >= 0.6 is 0 Å². The number of pyridine rings is 1. The summed E-state index contributed by atoms with van der Waals surface area (Å²) < 4.78 is 0. The molecule has 1 rings (SSSR count). The smallest absolute Gasteiger partial charge is 0.0373 e. The van der Waals surface area contributed by atoms with Gasteiger partial charge in [0.1, 0.15) is 0 Å². The van der Waals surface area contributed by atoms with Crippen molar-refractivity contribution in [3.8, 4) is 0 Å². The molecule has 3 N–H and O–H groups in total. The van der Waals surface area contributed by atoms with Gasteiger partial charge in [-0.25, -0.2) is 0 Å². The summed E-state index contributed by atoms with van der Waals surface area (Å²) in [6.45, 7) is 2.89. The number of nitrogens with two attached hydrogens (primary N) is 1. The largest absolute Gasteiger partial charge is 0.382 e. The van der Waals surface area contributed by atoms with E-state index in [9.17, 15) is 0 Å². The average molecular weight is 179 g/mol. The molecule has 3 heteroatoms. The molecule has 0 saturated heterocycles. The minimum atomic E-state index is 0.479. The van der Waals surface area contributed by atoms with Crippen LogP contribution in [0.3, 0.4) is 0 Å². The summed E-state index contributed by atoms with van der Waals surface area (Å²) in [5, 5.41) is 3.41. The molecule has 1 aromatic heterocycles. The molecule has 72 valence electrons. The summed E-state index contributed by atoms with van der Waals surface area (Å²) in [5.41, 5.74) is 6.63. The highest BCUT2D eigenvalue weighted by Gasteiger charge is 2.03. The van der Waals surface area contributed by atoms with Crippen LogP contribution in [0.4, 0.5) is 5.69 Å². The first-order chi connectivity index (χ1) is 6.36. The Hall–Kier alpha value is -1.09. The van der Waals surface area contributed by atoms with Gasteiger partial charge in [-0.2, -0.15) is 0 Å². The maximum atomic E-state index is 5.51. The van der Waals surface area contributed by atoms with E-state index in [-0.39, 0.29) is 0 Å². The fourth-order valence-corrected chi connectivity index (χ4v) is 1.26. The first kappa shape index (κ1) is 9.99. The third kappa shape index (κ3) is 3.42. The predicted octanol–water partition coefficient (Wildman–Crippen LogP) is 1.62. The summed E-state index contributed by atoms with van der Waals surface area (Å²) in [6, 6.07) is 4.42. The first-order valence-corrected chi connectivity index (χ1v) is 4.73. The molecule has 0 amide bonds. The van der Waals surface area contributed by atoms with E-state index >= 15 is 0 Å². The highest BCUT2D eigenvalue weighted by Crippen LogP contribution is 2.09. The fourth-order valence-electron chi connectivity index (χ4n) is 1.26. The molecule has 0 spiro atoms. The van der Waals surface area contributed by atoms with Crippen molar-refractivity contribution >= 4 is 5.69 Å². The third-order valence-electron chi connectivity index (χ3n) is 2.06. The van der Waals surface area contributed by atoms with Gasteiger partial charge in [0.25, 0.3) is 0 Å². The standard InChI is InChI=1S/C10H17N3/c1-2-9(3-6-11)13-10-4-7-12-8-5-10/h4-5,7-9H,2-3,6,11H2,1H3,(H,12,13). The molecule has 0 radical (unpaired) electrons. The zero-order valence-electron chi connectivity index (χ0n) is 8.03. The van der Waals surface area contributed by atoms with Crippen LogP contribution in [-0.2, 0) is 0 Å². The van der Waals surface area contributed by atoms with Gasteiger partial charge in [0, 0.05) is 24.1 Å². The minimum absolute atomic E-state index is 0.479. The van der Waals surface area contributed by atoms with Crippen molar-refractivity contribution in [1.82, 2.24) is 4.98 Å². The molecule has 0 aliphatic rings. The molecular formula is C10H17N3. The zero-order chi connectivity index (χ0) is 9.52. The molecule has 1 unspecified atom stereocenters. The van der Waals surface area contributed by atoms with Crippen molar-refractivity contribution < 1.29 is 0 Å². The molecule has 0 aliphatic heterocycles. The van der Waals surface area contributed by atoms with Gasteiger partial charge in [-0.3, -0.25) is 4.98 Å². The van der Waals surface area contributed by atoms with Gasteiger partial charge in [0.15, 0.2) is 0 Å². The number of hydrogen-bond donors (Lipinski definition) is 2. The lowest BCUT2D eigenvalue weighted by atomic mass is 10.1. The topological polar surface area (TPSA) is 50.9 Å². The second-order valence-electron chi connectivity index (χ2n) is 3.06. The highest BCUT2D eigenvalue weighted by atomic mass is 14.9. The molecule has 1 aromatic rings. The van der Waals surface area contributed by atoms with Crippen molar-refractivity contribution in [3.63, 3.8) is 0 Å². The quantitative estimate of drug-likeness (QED) is 0.722. The van der Waals surface area contributed by atoms with E-state index in [1.165, 1.54) is 0 Å². The zero-order valence-corrected chi connectivity index (χ0v) is 8.03. The monoisotopic (exact) mass is 179 g/mol. The molecule has 1 atom stereocenters. The van der Waals surface area contributed by atoms with Crippen molar-refractivity contribution in [2.75, 3.05) is 11.9 Å². The minimum Gasteiger partial charge on any atom is -0.382 e. The molecule has 0 bridgehead atoms. The summed E-state index contributed by atoms with van der Waals surface area (Å²) >= 11 is 0. The van der Waals surface area contributed by atoms with Crippen LogP contribution in [0.25, 0.3) is 0 Å². The van der Waals surface area contributed by atoms with E-state index < -0.39 is 0 Å². The van der Waals surface area contributed by atoms with Crippen molar-refractivity contribution in [3.05, 3.63) is 24.5 Å². The van der Waals surface area contributed by atoms with Crippen molar-refractivity contribution in [2.24, 2.45) is 5.73 Å². The van der Waals surface area contributed by atoms with Gasteiger partial charge >= 0.3 is 0 Å². The Morgan fingerprint density at radius 1 is 1.46 bits per heavy atom. The van der Waals surface area contributed by atoms with Crippen molar-refractivity contribution in [1.29, 1.82) is 0 Å². The Morgan fingerprint density at radius 3 is 2.69 bits per heavy atom. The molecule has 3 nitrogen and oxygen atoms in total. The van der Waals surface area contributed by atoms with Crippen LogP contribution in [0.1, 0.15) is 19.8 Å². The number of anilines is 1. The first-order valence-electron chi connectivity index (χ1n) is 4.73. The lowest BCUT2D eigenvalue weighted by molar-refractivity contribution is 0.642. The Kier molecular flexibility index (Phi) is 4.26. The lowest BCUT2D eigenvalue weighted by Gasteiger charge is -2.16. The molecule has 0 aliphatic carbocycles. The van der Waals surface area contributed by atoms with Gasteiger partial charge in [0.2, 0.25) is 0 Å². The second-order valence-corrected chi connectivity index (χ2v) is 3.06. The van der Waals surface area contributed by atoms with E-state index in [1.54, 1.807) is 12.4 Å². The number of rotatable bonds is 5. The van der Waals surface area contributed by atoms with Gasteiger partial charge < -0.3 is 11.1 Å². The van der Waals surface area contributed by atoms with Gasteiger partial charge in [-0.05, 0) is 31.5 Å². The third-order valence-corrected chi connectivity index (χ3v) is 2.06. The van der Waals surface area contributed by atoms with E-state index in [2.05, 4.69) is 17.2 Å². The SMILES string of the molecule is CCC(CCN)Nc1ccncc1. The number of hydrogen-bond acceptors (Lipinski definition) is 3. The van der Waals surface area contributed by atoms with Crippen LogP contribution in [0.2, 0.25) is 0 Å². The average Bonchev–Trinajstić information content (AvgIpc) is 2.19. The maximum absolute atomic E-state index is 5.51. The molecule has 0 fully saturated rings. The molecular weight excluding hydrogens is 162 g/mol. The van der Waals surface area contributed by atoms with Crippen molar-refractivity contribution in [2.45, 2.75) is 25.8 Å². The van der Waals surface area contributed by atoms with E-state index in [1.807, 2.05) is 12.1 Å². The van der Waals surface area contributed by atoms with Crippen LogP contribution < -0.4 is 11.1 Å². The normalized spacial score (nSPS) is 12.5. The van der Waals surface area contributed by atoms with E-state index in [0.717, 1.165) is 25.1 Å². The second kappa shape index (κ2) is 5.54. The van der Waals surface area contributed by atoms with Gasteiger partial charge in [-0.1, -0.05) is 6.92 Å². The maximum Gasteiger partial charge on any atom is 0.0373 e. The molecule has 13 heavy (non-hydrogen) atoms. The number of nitrogens with one attached hydrogen (secondary N) is 1. The van der Waals surface area contributed by atoms with Crippen LogP contribution in [0.5, 0.6) is 0 Å². The van der Waals surface area contributed by atoms with Crippen LogP contribution in [0.15, 0.2) is 24.5 Å². The number of aromatic nitrogens is 1. The molecule has 0 saturated carbocycles. The Labute approximate surface area is 79.4 Å².